The summed E-state index contributed by atoms with van der Waals surface area (Å²) in [5, 5.41) is 13.7. The number of oxime groups is 1. The number of fused-ring (bicyclic) bond motifs is 5. The molecule has 6 rings (SSSR count). The molecule has 240 valence electrons. The van der Waals surface area contributed by atoms with Gasteiger partial charge in [-0.1, -0.05) is 37.1 Å². The van der Waals surface area contributed by atoms with Crippen molar-refractivity contribution in [2.45, 2.75) is 115 Å². The van der Waals surface area contributed by atoms with Crippen molar-refractivity contribution in [1.29, 1.82) is 0 Å². The van der Waals surface area contributed by atoms with E-state index in [1.54, 1.807) is 0 Å². The lowest BCUT2D eigenvalue weighted by Crippen LogP contribution is -2.59. The fourth-order valence-electron chi connectivity index (χ4n) is 9.21. The molecule has 44 heavy (non-hydrogen) atoms. The van der Waals surface area contributed by atoms with Crippen molar-refractivity contribution >= 4 is 22.7 Å². The van der Waals surface area contributed by atoms with E-state index in [1.165, 1.54) is 57.8 Å². The minimum absolute atomic E-state index is 0.0728. The molecule has 4 fully saturated rings. The highest BCUT2D eigenvalue weighted by Crippen LogP contribution is 2.49. The maximum atomic E-state index is 14.4. The van der Waals surface area contributed by atoms with Crippen LogP contribution in [0.5, 0.6) is 0 Å². The van der Waals surface area contributed by atoms with Gasteiger partial charge in [0.15, 0.2) is 5.69 Å². The van der Waals surface area contributed by atoms with Crippen LogP contribution in [0.1, 0.15) is 102 Å². The van der Waals surface area contributed by atoms with Gasteiger partial charge < -0.3 is 19.4 Å². The highest BCUT2D eigenvalue weighted by Gasteiger charge is 2.46. The fourth-order valence-corrected chi connectivity index (χ4v) is 9.21. The van der Waals surface area contributed by atoms with Gasteiger partial charge in [-0.05, 0) is 102 Å². The lowest BCUT2D eigenvalue weighted by molar-refractivity contribution is -0.136. The van der Waals surface area contributed by atoms with Crippen LogP contribution in [-0.4, -0.2) is 81.5 Å². The van der Waals surface area contributed by atoms with Crippen molar-refractivity contribution in [3.63, 3.8) is 0 Å². The van der Waals surface area contributed by atoms with Gasteiger partial charge in [0.1, 0.15) is 12.3 Å². The molecule has 0 radical (unpaired) electrons. The van der Waals surface area contributed by atoms with Gasteiger partial charge >= 0.3 is 5.97 Å². The van der Waals surface area contributed by atoms with Crippen molar-refractivity contribution < 1.29 is 14.7 Å². The highest BCUT2D eigenvalue weighted by molar-refractivity contribution is 6.00. The van der Waals surface area contributed by atoms with E-state index in [9.17, 15) is 14.7 Å². The molecule has 2 saturated heterocycles. The minimum atomic E-state index is -0.940. The second kappa shape index (κ2) is 13.7. The molecule has 9 heteroatoms. The number of carboxylic acids is 1. The molecule has 0 amide bonds. The maximum Gasteiger partial charge on any atom is 0.303 e. The largest absolute Gasteiger partial charge is 0.481 e. The van der Waals surface area contributed by atoms with Gasteiger partial charge in [-0.25, -0.2) is 4.98 Å². The standard InChI is InChI=1S/C35H51N5O4/c1-4-23-16-24-18-25(17-23)20-28(19-24)39-26-8-7-9-27(39)22-29(21-26)40-32-11-6-5-10-30(32)36-34(35(40)43)31(12-13-33(41)42)37-44-15-14-38(2)3/h5-6,10-11,23-29H,4,7-9,12-22H2,1-3H3,(H,41,42)/b37-31+. The van der Waals surface area contributed by atoms with Gasteiger partial charge in [-0.15, -0.1) is 0 Å². The first-order valence-electron chi connectivity index (χ1n) is 17.1. The number of hydrogen-bond acceptors (Lipinski definition) is 7. The summed E-state index contributed by atoms with van der Waals surface area (Å²) in [6, 6.07) is 9.61. The molecule has 4 atom stereocenters. The van der Waals surface area contributed by atoms with Crippen molar-refractivity contribution in [3.05, 3.63) is 40.3 Å². The summed E-state index contributed by atoms with van der Waals surface area (Å²) in [5.41, 5.74) is 1.93. The van der Waals surface area contributed by atoms with Crippen LogP contribution in [0.15, 0.2) is 34.2 Å². The summed E-state index contributed by atoms with van der Waals surface area (Å²) in [4.78, 5) is 41.2. The van der Waals surface area contributed by atoms with Crippen molar-refractivity contribution in [2.75, 3.05) is 27.2 Å². The molecule has 2 aliphatic heterocycles. The average molecular weight is 606 g/mol. The van der Waals surface area contributed by atoms with Gasteiger partial charge in [0.2, 0.25) is 0 Å². The first-order valence-corrected chi connectivity index (χ1v) is 17.1. The van der Waals surface area contributed by atoms with Crippen LogP contribution >= 0.6 is 0 Å². The smallest absolute Gasteiger partial charge is 0.303 e. The van der Waals surface area contributed by atoms with Crippen molar-refractivity contribution in [1.82, 2.24) is 19.4 Å². The van der Waals surface area contributed by atoms with E-state index in [4.69, 9.17) is 9.82 Å². The van der Waals surface area contributed by atoms with Gasteiger partial charge in [-0.3, -0.25) is 14.5 Å². The number of para-hydroxylation sites is 2. The lowest BCUT2D eigenvalue weighted by Gasteiger charge is -2.56. The summed E-state index contributed by atoms with van der Waals surface area (Å²) in [7, 11) is 3.90. The molecule has 2 aromatic rings. The Kier molecular flexibility index (Phi) is 9.71. The molecule has 3 heterocycles. The molecule has 4 bridgehead atoms. The first-order chi connectivity index (χ1) is 21.3. The molecule has 4 unspecified atom stereocenters. The molecule has 2 saturated carbocycles. The summed E-state index contributed by atoms with van der Waals surface area (Å²) in [6.45, 7) is 3.37. The second-order valence-corrected chi connectivity index (χ2v) is 14.3. The monoisotopic (exact) mass is 605 g/mol. The summed E-state index contributed by atoms with van der Waals surface area (Å²) in [5.74, 6) is 1.75. The molecule has 2 aliphatic carbocycles. The van der Waals surface area contributed by atoms with E-state index in [0.717, 1.165) is 41.6 Å². The average Bonchev–Trinajstić information content (AvgIpc) is 2.99. The number of carboxylic acid groups (broad SMARTS) is 1. The number of nitrogens with zero attached hydrogens (tertiary/aromatic N) is 5. The molecule has 1 aromatic heterocycles. The van der Waals surface area contributed by atoms with Crippen LogP contribution in [0, 0.1) is 17.8 Å². The maximum absolute atomic E-state index is 14.4. The number of benzene rings is 1. The Labute approximate surface area is 261 Å². The zero-order chi connectivity index (χ0) is 30.8. The third kappa shape index (κ3) is 6.74. The Hall–Kier alpha value is -2.78. The number of aromatic nitrogens is 2. The topological polar surface area (TPSA) is 100 Å². The van der Waals surface area contributed by atoms with Crippen LogP contribution < -0.4 is 5.56 Å². The normalized spacial score (nSPS) is 30.9. The van der Waals surface area contributed by atoms with E-state index >= 15 is 0 Å². The van der Waals surface area contributed by atoms with Crippen molar-refractivity contribution in [3.8, 4) is 0 Å². The predicted molar refractivity (Wildman–Crippen MR) is 173 cm³/mol. The Morgan fingerprint density at radius 2 is 1.68 bits per heavy atom. The SMILES string of the molecule is CCC1CC2CC(C1)CC(N1C3CCCC1CC(n1c(=O)c(/C(CCC(=O)O)=N/OCCN(C)C)nc4ccccc41)C3)C2. The molecule has 9 nitrogen and oxygen atoms in total. The van der Waals surface area contributed by atoms with Crippen LogP contribution in [0.4, 0.5) is 0 Å². The molecule has 1 aromatic carbocycles. The van der Waals surface area contributed by atoms with Gasteiger partial charge in [0.25, 0.3) is 5.56 Å². The second-order valence-electron chi connectivity index (χ2n) is 14.3. The van der Waals surface area contributed by atoms with Crippen LogP contribution in [-0.2, 0) is 9.63 Å². The Bertz CT molecular complexity index is 1380. The quantitative estimate of drug-likeness (QED) is 0.199. The van der Waals surface area contributed by atoms with Crippen LogP contribution in [0.2, 0.25) is 0 Å². The number of aliphatic carboxylic acids is 1. The minimum Gasteiger partial charge on any atom is -0.481 e. The fraction of sp³-hybridized carbons (Fsp3) is 0.714. The lowest BCUT2D eigenvalue weighted by atomic mass is 9.64. The Morgan fingerprint density at radius 3 is 2.34 bits per heavy atom. The van der Waals surface area contributed by atoms with Crippen LogP contribution in [0.25, 0.3) is 11.0 Å². The zero-order valence-corrected chi connectivity index (χ0v) is 26.9. The van der Waals surface area contributed by atoms with Crippen LogP contribution in [0.3, 0.4) is 0 Å². The number of rotatable bonds is 11. The highest BCUT2D eigenvalue weighted by atomic mass is 16.6. The van der Waals surface area contributed by atoms with E-state index < -0.39 is 5.97 Å². The molecular weight excluding hydrogens is 554 g/mol. The van der Waals surface area contributed by atoms with Crippen molar-refractivity contribution in [2.24, 2.45) is 22.9 Å². The number of hydrogen-bond donors (Lipinski definition) is 1. The van der Waals surface area contributed by atoms with E-state index in [0.29, 0.717) is 37.0 Å². The molecule has 4 aliphatic rings. The number of piperidine rings is 2. The number of carbonyl (C=O) groups is 1. The van der Waals surface area contributed by atoms with E-state index in [2.05, 4.69) is 17.0 Å². The van der Waals surface area contributed by atoms with Gasteiger partial charge in [-0.2, -0.15) is 0 Å². The summed E-state index contributed by atoms with van der Waals surface area (Å²) < 4.78 is 1.98. The molecular formula is C35H51N5O4. The predicted octanol–water partition coefficient (Wildman–Crippen LogP) is 5.71. The zero-order valence-electron chi connectivity index (χ0n) is 26.9. The molecule has 0 spiro atoms. The van der Waals surface area contributed by atoms with E-state index in [-0.39, 0.29) is 30.1 Å². The molecule has 1 N–H and O–H groups in total. The van der Waals surface area contributed by atoms with Gasteiger partial charge in [0, 0.05) is 37.1 Å². The third-order valence-corrected chi connectivity index (χ3v) is 11.0. The summed E-state index contributed by atoms with van der Waals surface area (Å²) in [6.07, 6.45) is 13.8. The first kappa shape index (κ1) is 31.2. The Balaban J connectivity index is 1.30. The third-order valence-electron chi connectivity index (χ3n) is 11.0. The summed E-state index contributed by atoms with van der Waals surface area (Å²) >= 11 is 0. The Morgan fingerprint density at radius 1 is 0.977 bits per heavy atom. The number of likely N-dealkylation sites (N-methyl/N-ethyl adjacent to an activating group) is 1. The van der Waals surface area contributed by atoms with Gasteiger partial charge in [0.05, 0.1) is 17.5 Å². The van der Waals surface area contributed by atoms with E-state index in [1.807, 2.05) is 47.8 Å².